The highest BCUT2D eigenvalue weighted by Gasteiger charge is 2.52. The van der Waals surface area contributed by atoms with Crippen LogP contribution in [0.25, 0.3) is 0 Å². The molecule has 8 nitrogen and oxygen atoms in total. The second-order valence-corrected chi connectivity index (χ2v) is 14.0. The number of aliphatic hydroxyl groups is 5. The van der Waals surface area contributed by atoms with Gasteiger partial charge in [-0.15, -0.1) is 0 Å². The van der Waals surface area contributed by atoms with Gasteiger partial charge in [-0.05, 0) is 103 Å². The molecule has 6 rings (SSSR count). The van der Waals surface area contributed by atoms with Crippen LogP contribution in [0.1, 0.15) is 87.0 Å². The Morgan fingerprint density at radius 3 is 2.63 bits per heavy atom. The van der Waals surface area contributed by atoms with Crippen LogP contribution in [0.3, 0.4) is 0 Å². The zero-order chi connectivity index (χ0) is 29.2. The van der Waals surface area contributed by atoms with E-state index in [1.54, 1.807) is 0 Å². The average Bonchev–Trinajstić information content (AvgIpc) is 3.34. The van der Waals surface area contributed by atoms with Crippen molar-refractivity contribution in [1.82, 2.24) is 5.32 Å². The minimum absolute atomic E-state index is 0.0622. The van der Waals surface area contributed by atoms with Crippen molar-refractivity contribution in [2.45, 2.75) is 127 Å². The average molecular weight is 572 g/mol. The van der Waals surface area contributed by atoms with Crippen LogP contribution in [-0.2, 0) is 15.9 Å². The first-order chi connectivity index (χ1) is 19.5. The van der Waals surface area contributed by atoms with E-state index in [4.69, 9.17) is 9.47 Å². The number of hydrogen-bond donors (Lipinski definition) is 6. The van der Waals surface area contributed by atoms with Crippen molar-refractivity contribution in [2.24, 2.45) is 17.3 Å². The van der Waals surface area contributed by atoms with Crippen molar-refractivity contribution in [1.29, 1.82) is 0 Å². The molecule has 1 aromatic rings. The number of allylic oxidation sites excluding steroid dienone is 1. The van der Waals surface area contributed by atoms with Crippen LogP contribution in [0.5, 0.6) is 0 Å². The Bertz CT molecular complexity index is 1150. The third-order valence-electron chi connectivity index (χ3n) is 11.6. The lowest BCUT2D eigenvalue weighted by atomic mass is 9.57. The fraction of sp³-hybridized carbons (Fsp3) is 0.758. The van der Waals surface area contributed by atoms with Gasteiger partial charge in [0, 0.05) is 6.04 Å². The van der Waals surface area contributed by atoms with E-state index in [9.17, 15) is 25.5 Å². The van der Waals surface area contributed by atoms with Gasteiger partial charge >= 0.3 is 0 Å². The highest BCUT2D eigenvalue weighted by molar-refractivity contribution is 5.50. The topological polar surface area (TPSA) is 132 Å². The number of nitrogens with one attached hydrogen (secondary N) is 1. The quantitative estimate of drug-likeness (QED) is 0.297. The van der Waals surface area contributed by atoms with Gasteiger partial charge in [-0.2, -0.15) is 0 Å². The zero-order valence-electron chi connectivity index (χ0n) is 24.9. The molecule has 0 bridgehead atoms. The number of hydrogen-bond acceptors (Lipinski definition) is 8. The third kappa shape index (κ3) is 5.02. The maximum atomic E-state index is 10.8. The zero-order valence-corrected chi connectivity index (χ0v) is 24.9. The van der Waals surface area contributed by atoms with Gasteiger partial charge in [0.05, 0.1) is 18.8 Å². The molecule has 13 atom stereocenters. The maximum Gasteiger partial charge on any atom is 0.186 e. The summed E-state index contributed by atoms with van der Waals surface area (Å²) in [5, 5.41) is 54.8. The van der Waals surface area contributed by atoms with Crippen LogP contribution in [0.2, 0.25) is 0 Å². The first kappa shape index (κ1) is 29.7. The molecule has 1 saturated carbocycles. The van der Waals surface area contributed by atoms with Crippen LogP contribution in [-0.4, -0.2) is 87.6 Å². The smallest absolute Gasteiger partial charge is 0.186 e. The van der Waals surface area contributed by atoms with Gasteiger partial charge in [-0.1, -0.05) is 44.6 Å². The van der Waals surface area contributed by atoms with Crippen molar-refractivity contribution in [3.05, 3.63) is 46.0 Å². The highest BCUT2D eigenvalue weighted by atomic mass is 16.7. The first-order valence-electron chi connectivity index (χ1n) is 15.7. The Labute approximate surface area is 243 Å². The summed E-state index contributed by atoms with van der Waals surface area (Å²) in [6.45, 7) is 9.63. The lowest BCUT2D eigenvalue weighted by Gasteiger charge is -2.50. The van der Waals surface area contributed by atoms with Crippen LogP contribution in [0, 0.1) is 24.2 Å². The summed E-state index contributed by atoms with van der Waals surface area (Å²) in [5.41, 5.74) is 7.20. The highest BCUT2D eigenvalue weighted by Crippen LogP contribution is 2.60. The molecule has 2 saturated heterocycles. The van der Waals surface area contributed by atoms with Gasteiger partial charge in [0.2, 0.25) is 0 Å². The second kappa shape index (κ2) is 11.3. The number of ether oxygens (including phenoxy) is 2. The van der Waals surface area contributed by atoms with E-state index < -0.39 is 37.3 Å². The van der Waals surface area contributed by atoms with E-state index in [2.05, 4.69) is 51.2 Å². The van der Waals surface area contributed by atoms with E-state index in [0.717, 1.165) is 45.1 Å². The predicted octanol–water partition coefficient (Wildman–Crippen LogP) is 2.42. The molecular formula is C33H49NO7. The minimum Gasteiger partial charge on any atom is -0.394 e. The Morgan fingerprint density at radius 2 is 1.90 bits per heavy atom. The standard InChI is InChI=1S/C33H49NO7/c1-16-11-26(36)28(34-14-16)18(3)21-7-8-22-23-6-5-19-12-20(9-10-33(19,4)25(23)13-24(22)17(21)2)40-32-31(39)30(38)29(37)27(15-35)41-32/h5,7-8,16,18,20,23,25-32,34-39H,6,9-15H2,1-4H3/t16-,18+,20+,23+,25-,26-,27+,28+,29+,30-,31+,32+,33-/m1/s1. The molecule has 0 unspecified atom stereocenters. The van der Waals surface area contributed by atoms with E-state index in [1.165, 1.54) is 27.8 Å². The molecule has 6 N–H and O–H groups in total. The molecule has 228 valence electrons. The maximum absolute atomic E-state index is 10.8. The summed E-state index contributed by atoms with van der Waals surface area (Å²) < 4.78 is 11.8. The number of piperidine rings is 1. The molecule has 0 radical (unpaired) electrons. The summed E-state index contributed by atoms with van der Waals surface area (Å²) in [4.78, 5) is 0. The number of aliphatic hydroxyl groups excluding tert-OH is 5. The fourth-order valence-corrected chi connectivity index (χ4v) is 8.96. The second-order valence-electron chi connectivity index (χ2n) is 14.0. The monoisotopic (exact) mass is 571 g/mol. The van der Waals surface area contributed by atoms with Crippen LogP contribution >= 0.6 is 0 Å². The first-order valence-corrected chi connectivity index (χ1v) is 15.7. The van der Waals surface area contributed by atoms with E-state index in [1.807, 2.05) is 0 Å². The molecule has 0 aromatic heterocycles. The van der Waals surface area contributed by atoms with E-state index in [-0.39, 0.29) is 29.6 Å². The summed E-state index contributed by atoms with van der Waals surface area (Å²) in [7, 11) is 0. The molecule has 8 heteroatoms. The van der Waals surface area contributed by atoms with Crippen LogP contribution < -0.4 is 5.32 Å². The van der Waals surface area contributed by atoms with Gasteiger partial charge in [0.1, 0.15) is 24.4 Å². The Kier molecular flexibility index (Phi) is 8.18. The Hall–Kier alpha value is -1.36. The largest absolute Gasteiger partial charge is 0.394 e. The molecule has 1 aromatic carbocycles. The molecule has 3 fully saturated rings. The van der Waals surface area contributed by atoms with Crippen molar-refractivity contribution < 1.29 is 35.0 Å². The SMILES string of the molecule is Cc1c([C@H](C)[C@@H]2NC[C@H](C)C[C@H]2O)ccc2c1C[C@@H]1[C@H]2CC=C2C[C@@H](O[C@H]3O[C@@H](CO)[C@H](O)[C@@H](O)[C@@H]3O)CC[C@]21C. The number of fused-ring (bicyclic) bond motifs is 5. The summed E-state index contributed by atoms with van der Waals surface area (Å²) in [5.74, 6) is 1.76. The van der Waals surface area contributed by atoms with Gasteiger partial charge < -0.3 is 40.3 Å². The van der Waals surface area contributed by atoms with E-state index in [0.29, 0.717) is 17.8 Å². The lowest BCUT2D eigenvalue weighted by Crippen LogP contribution is -2.59. The fourth-order valence-electron chi connectivity index (χ4n) is 8.96. The molecule has 0 amide bonds. The minimum atomic E-state index is -1.43. The van der Waals surface area contributed by atoms with Crippen molar-refractivity contribution in [3.63, 3.8) is 0 Å². The third-order valence-corrected chi connectivity index (χ3v) is 11.6. The van der Waals surface area contributed by atoms with Crippen molar-refractivity contribution >= 4 is 0 Å². The normalized spacial score (nSPS) is 44.9. The van der Waals surface area contributed by atoms with Gasteiger partial charge in [0.15, 0.2) is 6.29 Å². The molecule has 2 heterocycles. The van der Waals surface area contributed by atoms with Crippen molar-refractivity contribution in [2.75, 3.05) is 13.2 Å². The number of rotatable bonds is 5. The van der Waals surface area contributed by atoms with Gasteiger partial charge in [-0.25, -0.2) is 0 Å². The summed E-state index contributed by atoms with van der Waals surface area (Å²) in [6, 6.07) is 4.77. The van der Waals surface area contributed by atoms with Gasteiger partial charge in [-0.3, -0.25) is 0 Å². The Balaban J connectivity index is 1.16. The molecule has 2 aliphatic heterocycles. The van der Waals surface area contributed by atoms with Crippen LogP contribution in [0.4, 0.5) is 0 Å². The molecule has 3 aliphatic carbocycles. The molecule has 5 aliphatic rings. The molecule has 0 spiro atoms. The van der Waals surface area contributed by atoms with Gasteiger partial charge in [0.25, 0.3) is 0 Å². The van der Waals surface area contributed by atoms with E-state index >= 15 is 0 Å². The summed E-state index contributed by atoms with van der Waals surface area (Å²) in [6.07, 6.45) is 1.14. The lowest BCUT2D eigenvalue weighted by molar-refractivity contribution is -0.312. The van der Waals surface area contributed by atoms with Crippen molar-refractivity contribution in [3.8, 4) is 0 Å². The number of benzene rings is 1. The van der Waals surface area contributed by atoms with Crippen LogP contribution in [0.15, 0.2) is 23.8 Å². The molecule has 41 heavy (non-hydrogen) atoms. The predicted molar refractivity (Wildman–Crippen MR) is 154 cm³/mol. The Morgan fingerprint density at radius 1 is 1.12 bits per heavy atom. The summed E-state index contributed by atoms with van der Waals surface area (Å²) >= 11 is 0. The molecular weight excluding hydrogens is 522 g/mol.